The predicted octanol–water partition coefficient (Wildman–Crippen LogP) is 1.71. The molecule has 1 aliphatic rings. The summed E-state index contributed by atoms with van der Waals surface area (Å²) in [6, 6.07) is 5.24. The third kappa shape index (κ3) is 2.07. The summed E-state index contributed by atoms with van der Waals surface area (Å²) in [5.41, 5.74) is 2.27. The van der Waals surface area contributed by atoms with E-state index in [-0.39, 0.29) is 12.5 Å². The van der Waals surface area contributed by atoms with Crippen LogP contribution in [0.3, 0.4) is 0 Å². The topological polar surface area (TPSA) is 67.4 Å². The van der Waals surface area contributed by atoms with Gasteiger partial charge in [-0.3, -0.25) is 10.1 Å². The fourth-order valence-corrected chi connectivity index (χ4v) is 1.41. The normalized spacial score (nSPS) is 13.5. The van der Waals surface area contributed by atoms with Crippen molar-refractivity contribution in [2.75, 3.05) is 10.6 Å². The van der Waals surface area contributed by atoms with E-state index in [1.54, 1.807) is 18.2 Å². The van der Waals surface area contributed by atoms with E-state index in [4.69, 9.17) is 4.74 Å². The number of nitrogens with one attached hydrogen (secondary N) is 2. The van der Waals surface area contributed by atoms with Crippen LogP contribution in [0.1, 0.15) is 12.5 Å². The van der Waals surface area contributed by atoms with Gasteiger partial charge in [0.1, 0.15) is 6.61 Å². The molecule has 0 fully saturated rings. The smallest absolute Gasteiger partial charge is 0.411 e. The van der Waals surface area contributed by atoms with E-state index < -0.39 is 6.09 Å². The molecule has 0 unspecified atom stereocenters. The number of carbonyl (C=O) groups excluding carboxylic acids is 2. The van der Waals surface area contributed by atoms with Crippen LogP contribution in [-0.2, 0) is 16.1 Å². The Balaban J connectivity index is 2.26. The Morgan fingerprint density at radius 1 is 1.53 bits per heavy atom. The van der Waals surface area contributed by atoms with Crippen LogP contribution in [0.2, 0.25) is 0 Å². The quantitative estimate of drug-likeness (QED) is 0.734. The molecule has 2 amide bonds. The van der Waals surface area contributed by atoms with Crippen LogP contribution in [0.25, 0.3) is 0 Å². The monoisotopic (exact) mass is 206 g/mol. The van der Waals surface area contributed by atoms with Crippen molar-refractivity contribution >= 4 is 23.4 Å². The molecule has 1 aromatic rings. The highest BCUT2D eigenvalue weighted by Crippen LogP contribution is 2.24. The summed E-state index contributed by atoms with van der Waals surface area (Å²) in [5.74, 6) is -0.129. The number of cyclic esters (lactones) is 1. The zero-order chi connectivity index (χ0) is 10.8. The standard InChI is InChI=1S/C10H10N2O3/c1-6(13)11-8-2-3-9-7(4-8)5-15-10(14)12-9/h2-4H,5H2,1H3,(H,11,13)(H,12,14). The number of hydrogen-bond donors (Lipinski definition) is 2. The summed E-state index contributed by atoms with van der Waals surface area (Å²) < 4.78 is 4.80. The molecule has 1 aromatic carbocycles. The number of hydrogen-bond acceptors (Lipinski definition) is 3. The average molecular weight is 206 g/mol. The molecule has 0 saturated heterocycles. The van der Waals surface area contributed by atoms with Crippen molar-refractivity contribution in [1.29, 1.82) is 0 Å². The van der Waals surface area contributed by atoms with Crippen LogP contribution in [0.4, 0.5) is 16.2 Å². The van der Waals surface area contributed by atoms with Gasteiger partial charge in [-0.25, -0.2) is 4.79 Å². The van der Waals surface area contributed by atoms with Crippen LogP contribution < -0.4 is 10.6 Å². The minimum Gasteiger partial charge on any atom is -0.444 e. The Kier molecular flexibility index (Phi) is 2.29. The first kappa shape index (κ1) is 9.51. The molecule has 2 rings (SSSR count). The Morgan fingerprint density at radius 2 is 2.33 bits per heavy atom. The Bertz CT molecular complexity index is 429. The van der Waals surface area contributed by atoms with Crippen molar-refractivity contribution in [1.82, 2.24) is 0 Å². The van der Waals surface area contributed by atoms with Gasteiger partial charge in [-0.2, -0.15) is 0 Å². The fourth-order valence-electron chi connectivity index (χ4n) is 1.41. The highest BCUT2D eigenvalue weighted by atomic mass is 16.5. The maximum Gasteiger partial charge on any atom is 0.411 e. The first-order valence-corrected chi connectivity index (χ1v) is 4.49. The van der Waals surface area contributed by atoms with Crippen LogP contribution in [0, 0.1) is 0 Å². The Morgan fingerprint density at radius 3 is 3.07 bits per heavy atom. The second-order valence-electron chi connectivity index (χ2n) is 3.25. The van der Waals surface area contributed by atoms with Gasteiger partial charge in [0, 0.05) is 18.2 Å². The van der Waals surface area contributed by atoms with Crippen LogP contribution in [0.15, 0.2) is 18.2 Å². The Labute approximate surface area is 86.4 Å². The summed E-state index contributed by atoms with van der Waals surface area (Å²) in [6.45, 7) is 1.67. The van der Waals surface area contributed by atoms with Gasteiger partial charge in [0.15, 0.2) is 0 Å². The summed E-state index contributed by atoms with van der Waals surface area (Å²) in [6.07, 6.45) is -0.449. The van der Waals surface area contributed by atoms with Crippen molar-refractivity contribution in [3.8, 4) is 0 Å². The lowest BCUT2D eigenvalue weighted by molar-refractivity contribution is -0.114. The van der Waals surface area contributed by atoms with Gasteiger partial charge >= 0.3 is 6.09 Å². The van der Waals surface area contributed by atoms with E-state index in [2.05, 4.69) is 10.6 Å². The summed E-state index contributed by atoms with van der Waals surface area (Å²) in [4.78, 5) is 21.7. The number of ether oxygens (including phenoxy) is 1. The van der Waals surface area contributed by atoms with Crippen molar-refractivity contribution in [2.24, 2.45) is 0 Å². The third-order valence-electron chi connectivity index (χ3n) is 2.02. The lowest BCUT2D eigenvalue weighted by Gasteiger charge is -2.18. The number of rotatable bonds is 1. The van der Waals surface area contributed by atoms with Crippen molar-refractivity contribution < 1.29 is 14.3 Å². The number of fused-ring (bicyclic) bond motifs is 1. The lowest BCUT2D eigenvalue weighted by Crippen LogP contribution is -2.20. The maximum absolute atomic E-state index is 10.9. The number of anilines is 2. The van der Waals surface area contributed by atoms with E-state index >= 15 is 0 Å². The molecule has 0 bridgehead atoms. The number of amides is 2. The molecule has 15 heavy (non-hydrogen) atoms. The molecular formula is C10H10N2O3. The molecule has 0 radical (unpaired) electrons. The highest BCUT2D eigenvalue weighted by molar-refractivity contribution is 5.91. The summed E-state index contributed by atoms with van der Waals surface area (Å²) in [5, 5.41) is 5.23. The maximum atomic E-state index is 10.9. The first-order valence-electron chi connectivity index (χ1n) is 4.49. The molecule has 78 valence electrons. The van der Waals surface area contributed by atoms with Crippen LogP contribution in [0.5, 0.6) is 0 Å². The fraction of sp³-hybridized carbons (Fsp3) is 0.200. The Hall–Kier alpha value is -2.04. The largest absolute Gasteiger partial charge is 0.444 e. The molecule has 5 heteroatoms. The molecule has 1 aliphatic heterocycles. The third-order valence-corrected chi connectivity index (χ3v) is 2.02. The minimum atomic E-state index is -0.449. The second-order valence-corrected chi connectivity index (χ2v) is 3.25. The van der Waals surface area contributed by atoms with Gasteiger partial charge in [0.05, 0.1) is 5.69 Å². The summed E-state index contributed by atoms with van der Waals surface area (Å²) >= 11 is 0. The van der Waals surface area contributed by atoms with Gasteiger partial charge in [0.2, 0.25) is 5.91 Å². The van der Waals surface area contributed by atoms with E-state index in [9.17, 15) is 9.59 Å². The van der Waals surface area contributed by atoms with E-state index in [1.807, 2.05) is 0 Å². The molecule has 0 aromatic heterocycles. The second kappa shape index (κ2) is 3.61. The first-order chi connectivity index (χ1) is 7.15. The van der Waals surface area contributed by atoms with Gasteiger partial charge in [-0.05, 0) is 18.2 Å². The van der Waals surface area contributed by atoms with E-state index in [0.717, 1.165) is 11.3 Å². The molecule has 1 heterocycles. The van der Waals surface area contributed by atoms with Crippen molar-refractivity contribution in [3.05, 3.63) is 23.8 Å². The minimum absolute atomic E-state index is 0.129. The molecule has 0 aliphatic carbocycles. The van der Waals surface area contributed by atoms with Crippen LogP contribution >= 0.6 is 0 Å². The lowest BCUT2D eigenvalue weighted by atomic mass is 10.1. The van der Waals surface area contributed by atoms with Crippen molar-refractivity contribution in [2.45, 2.75) is 13.5 Å². The van der Waals surface area contributed by atoms with E-state index in [1.165, 1.54) is 6.92 Å². The van der Waals surface area contributed by atoms with Crippen LogP contribution in [-0.4, -0.2) is 12.0 Å². The number of carbonyl (C=O) groups is 2. The predicted molar refractivity (Wildman–Crippen MR) is 54.6 cm³/mol. The molecule has 0 atom stereocenters. The zero-order valence-electron chi connectivity index (χ0n) is 8.16. The molecule has 5 nitrogen and oxygen atoms in total. The van der Waals surface area contributed by atoms with Crippen molar-refractivity contribution in [3.63, 3.8) is 0 Å². The van der Waals surface area contributed by atoms with Gasteiger partial charge < -0.3 is 10.1 Å². The SMILES string of the molecule is CC(=O)Nc1ccc2c(c1)COC(=O)N2. The summed E-state index contributed by atoms with van der Waals surface area (Å²) in [7, 11) is 0. The number of benzene rings is 1. The molecule has 0 saturated carbocycles. The highest BCUT2D eigenvalue weighted by Gasteiger charge is 2.15. The van der Waals surface area contributed by atoms with Gasteiger partial charge in [0.25, 0.3) is 0 Å². The zero-order valence-corrected chi connectivity index (χ0v) is 8.16. The molecule has 0 spiro atoms. The molecule has 2 N–H and O–H groups in total. The molecular weight excluding hydrogens is 196 g/mol. The van der Waals surface area contributed by atoms with E-state index in [0.29, 0.717) is 5.69 Å². The van der Waals surface area contributed by atoms with Gasteiger partial charge in [-0.15, -0.1) is 0 Å². The van der Waals surface area contributed by atoms with Gasteiger partial charge in [-0.1, -0.05) is 0 Å². The average Bonchev–Trinajstić information content (AvgIpc) is 2.17.